The Morgan fingerprint density at radius 1 is 1.11 bits per heavy atom. The predicted octanol–water partition coefficient (Wildman–Crippen LogP) is 4.17. The molecule has 3 aromatic rings. The van der Waals surface area contributed by atoms with Crippen molar-refractivity contribution in [3.63, 3.8) is 0 Å². The van der Waals surface area contributed by atoms with Gasteiger partial charge in [-0.1, -0.05) is 28.1 Å². The highest BCUT2D eigenvalue weighted by molar-refractivity contribution is 9.10. The molecule has 96 valence electrons. The van der Waals surface area contributed by atoms with Crippen LogP contribution in [0.15, 0.2) is 53.1 Å². The number of hydrogen-bond acceptors (Lipinski definition) is 1. The van der Waals surface area contributed by atoms with Gasteiger partial charge < -0.3 is 10.3 Å². The lowest BCUT2D eigenvalue weighted by molar-refractivity contribution is 0.625. The molecule has 0 aliphatic heterocycles. The second kappa shape index (κ2) is 4.70. The summed E-state index contributed by atoms with van der Waals surface area (Å²) >= 11 is 3.39. The van der Waals surface area contributed by atoms with Gasteiger partial charge in [-0.3, -0.25) is 0 Å². The van der Waals surface area contributed by atoms with Crippen LogP contribution in [0.3, 0.4) is 0 Å². The zero-order chi connectivity index (χ0) is 13.4. The molecule has 3 rings (SSSR count). The zero-order valence-electron chi connectivity index (χ0n) is 10.1. The lowest BCUT2D eigenvalue weighted by Crippen LogP contribution is -1.99. The first-order chi connectivity index (χ1) is 9.13. The lowest BCUT2D eigenvalue weighted by atomic mass is 10.2. The van der Waals surface area contributed by atoms with Crippen LogP contribution in [0.25, 0.3) is 10.9 Å². The van der Waals surface area contributed by atoms with Crippen molar-refractivity contribution >= 4 is 32.5 Å². The summed E-state index contributed by atoms with van der Waals surface area (Å²) in [6, 6.07) is 12.6. The summed E-state index contributed by atoms with van der Waals surface area (Å²) in [6.45, 7) is 0.674. The minimum absolute atomic E-state index is 0.239. The molecular weight excluding hydrogens is 307 g/mol. The highest BCUT2D eigenvalue weighted by Gasteiger charge is 2.06. The molecule has 4 heteroatoms. The smallest absolute Gasteiger partial charge is 0.124 e. The van der Waals surface area contributed by atoms with E-state index < -0.39 is 0 Å². The van der Waals surface area contributed by atoms with Crippen molar-refractivity contribution in [1.29, 1.82) is 0 Å². The molecule has 0 radical (unpaired) electrons. The van der Waals surface area contributed by atoms with E-state index in [-0.39, 0.29) is 5.82 Å². The molecule has 0 bridgehead atoms. The van der Waals surface area contributed by atoms with E-state index >= 15 is 0 Å². The molecule has 0 fully saturated rings. The van der Waals surface area contributed by atoms with Crippen LogP contribution in [-0.2, 0) is 6.54 Å². The standard InChI is InChI=1S/C15H12BrFN2/c16-14-7-12(17)3-1-11(14)9-19-6-5-10-2-4-13(18)8-15(10)19/h1-8H,9,18H2. The number of nitrogens with two attached hydrogens (primary N) is 1. The Balaban J connectivity index is 2.03. The third-order valence-corrected chi connectivity index (χ3v) is 3.89. The van der Waals surface area contributed by atoms with Gasteiger partial charge in [0.25, 0.3) is 0 Å². The molecule has 2 nitrogen and oxygen atoms in total. The molecule has 1 heterocycles. The van der Waals surface area contributed by atoms with Crippen LogP contribution in [0.4, 0.5) is 10.1 Å². The van der Waals surface area contributed by atoms with Crippen LogP contribution < -0.4 is 5.73 Å². The fourth-order valence-electron chi connectivity index (χ4n) is 2.17. The van der Waals surface area contributed by atoms with E-state index in [2.05, 4.69) is 20.5 Å². The number of fused-ring (bicyclic) bond motifs is 1. The number of nitrogens with zero attached hydrogens (tertiary/aromatic N) is 1. The Kier molecular flexibility index (Phi) is 3.03. The monoisotopic (exact) mass is 318 g/mol. The summed E-state index contributed by atoms with van der Waals surface area (Å²) < 4.78 is 16.0. The maximum atomic E-state index is 13.1. The van der Waals surface area contributed by atoms with Crippen LogP contribution in [0.1, 0.15) is 5.56 Å². The number of benzene rings is 2. The normalized spacial score (nSPS) is 11.1. The zero-order valence-corrected chi connectivity index (χ0v) is 11.7. The summed E-state index contributed by atoms with van der Waals surface area (Å²) in [4.78, 5) is 0. The van der Waals surface area contributed by atoms with Crippen molar-refractivity contribution in [3.8, 4) is 0 Å². The molecule has 0 atom stereocenters. The average molecular weight is 319 g/mol. The molecule has 0 saturated carbocycles. The van der Waals surface area contributed by atoms with E-state index in [1.54, 1.807) is 6.07 Å². The Morgan fingerprint density at radius 3 is 2.74 bits per heavy atom. The molecule has 0 saturated heterocycles. The van der Waals surface area contributed by atoms with E-state index in [4.69, 9.17) is 5.73 Å². The summed E-state index contributed by atoms with van der Waals surface area (Å²) in [7, 11) is 0. The fourth-order valence-corrected chi connectivity index (χ4v) is 2.65. The molecule has 0 aliphatic carbocycles. The molecule has 2 aromatic carbocycles. The van der Waals surface area contributed by atoms with Gasteiger partial charge in [-0.05, 0) is 41.3 Å². The molecule has 0 spiro atoms. The third kappa shape index (κ3) is 2.36. The Labute approximate surface area is 118 Å². The van der Waals surface area contributed by atoms with Gasteiger partial charge in [-0.15, -0.1) is 0 Å². The first-order valence-electron chi connectivity index (χ1n) is 5.92. The average Bonchev–Trinajstić information content (AvgIpc) is 2.75. The van der Waals surface area contributed by atoms with Crippen LogP contribution in [-0.4, -0.2) is 4.57 Å². The summed E-state index contributed by atoms with van der Waals surface area (Å²) in [5, 5.41) is 1.15. The summed E-state index contributed by atoms with van der Waals surface area (Å²) in [5.74, 6) is -0.239. The van der Waals surface area contributed by atoms with Crippen LogP contribution in [0.5, 0.6) is 0 Å². The van der Waals surface area contributed by atoms with Gasteiger partial charge in [0.1, 0.15) is 5.82 Å². The first kappa shape index (κ1) is 12.2. The van der Waals surface area contributed by atoms with Crippen molar-refractivity contribution in [3.05, 3.63) is 64.5 Å². The number of nitrogen functional groups attached to an aromatic ring is 1. The second-order valence-corrected chi connectivity index (χ2v) is 5.35. The number of hydrogen-bond donors (Lipinski definition) is 1. The van der Waals surface area contributed by atoms with E-state index in [1.165, 1.54) is 12.1 Å². The summed E-state index contributed by atoms with van der Waals surface area (Å²) in [6.07, 6.45) is 2.01. The number of anilines is 1. The predicted molar refractivity (Wildman–Crippen MR) is 79.6 cm³/mol. The van der Waals surface area contributed by atoms with Gasteiger partial charge in [-0.2, -0.15) is 0 Å². The number of aromatic nitrogens is 1. The molecular formula is C15H12BrFN2. The van der Waals surface area contributed by atoms with Crippen molar-refractivity contribution in [1.82, 2.24) is 4.57 Å². The molecule has 19 heavy (non-hydrogen) atoms. The highest BCUT2D eigenvalue weighted by Crippen LogP contribution is 2.23. The largest absolute Gasteiger partial charge is 0.399 e. The number of rotatable bonds is 2. The third-order valence-electron chi connectivity index (χ3n) is 3.15. The van der Waals surface area contributed by atoms with Gasteiger partial charge in [0.2, 0.25) is 0 Å². The van der Waals surface area contributed by atoms with E-state index in [9.17, 15) is 4.39 Å². The highest BCUT2D eigenvalue weighted by atomic mass is 79.9. The SMILES string of the molecule is Nc1ccc2ccn(Cc3ccc(F)cc3Br)c2c1. The molecule has 0 amide bonds. The topological polar surface area (TPSA) is 30.9 Å². The van der Waals surface area contributed by atoms with E-state index in [0.717, 1.165) is 26.6 Å². The molecule has 0 aliphatic rings. The van der Waals surface area contributed by atoms with Crippen LogP contribution >= 0.6 is 15.9 Å². The Hall–Kier alpha value is -1.81. The molecule has 0 unspecified atom stereocenters. The first-order valence-corrected chi connectivity index (χ1v) is 6.71. The van der Waals surface area contributed by atoms with Crippen molar-refractivity contribution in [2.45, 2.75) is 6.54 Å². The van der Waals surface area contributed by atoms with Gasteiger partial charge in [0.15, 0.2) is 0 Å². The number of halogens is 2. The maximum Gasteiger partial charge on any atom is 0.124 e. The van der Waals surface area contributed by atoms with E-state index in [1.807, 2.05) is 30.5 Å². The second-order valence-electron chi connectivity index (χ2n) is 4.50. The van der Waals surface area contributed by atoms with Gasteiger partial charge in [0.05, 0.1) is 5.52 Å². The maximum absolute atomic E-state index is 13.1. The quantitative estimate of drug-likeness (QED) is 0.706. The fraction of sp³-hybridized carbons (Fsp3) is 0.0667. The summed E-state index contributed by atoms with van der Waals surface area (Å²) in [5.41, 5.74) is 8.67. The Morgan fingerprint density at radius 2 is 1.95 bits per heavy atom. The van der Waals surface area contributed by atoms with Crippen LogP contribution in [0, 0.1) is 5.82 Å². The minimum Gasteiger partial charge on any atom is -0.399 e. The molecule has 2 N–H and O–H groups in total. The lowest BCUT2D eigenvalue weighted by Gasteiger charge is -2.08. The van der Waals surface area contributed by atoms with Crippen molar-refractivity contribution < 1.29 is 4.39 Å². The minimum atomic E-state index is -0.239. The van der Waals surface area contributed by atoms with E-state index in [0.29, 0.717) is 6.54 Å². The van der Waals surface area contributed by atoms with Crippen molar-refractivity contribution in [2.75, 3.05) is 5.73 Å². The van der Waals surface area contributed by atoms with Crippen molar-refractivity contribution in [2.24, 2.45) is 0 Å². The van der Waals surface area contributed by atoms with Gasteiger partial charge in [0, 0.05) is 22.9 Å². The van der Waals surface area contributed by atoms with Gasteiger partial charge >= 0.3 is 0 Å². The molecule has 1 aromatic heterocycles. The van der Waals surface area contributed by atoms with Gasteiger partial charge in [-0.25, -0.2) is 4.39 Å². The Bertz CT molecular complexity index is 749. The van der Waals surface area contributed by atoms with Crippen LogP contribution in [0.2, 0.25) is 0 Å².